The summed E-state index contributed by atoms with van der Waals surface area (Å²) >= 11 is 6.39. The molecular formula is C40H37ClF3N10O+. The molecule has 4 aromatic heterocycles. The Morgan fingerprint density at radius 3 is 2.25 bits per heavy atom. The maximum atomic E-state index is 14.1. The van der Waals surface area contributed by atoms with Crippen LogP contribution >= 0.6 is 11.6 Å². The smallest absolute Gasteiger partial charge is 0.401 e. The lowest BCUT2D eigenvalue weighted by Gasteiger charge is -2.26. The van der Waals surface area contributed by atoms with E-state index in [9.17, 15) is 23.7 Å². The summed E-state index contributed by atoms with van der Waals surface area (Å²) in [5.74, 6) is 1.37. The molecule has 2 aliphatic carbocycles. The Bertz CT molecular complexity index is 2430. The van der Waals surface area contributed by atoms with Crippen molar-refractivity contribution in [3.05, 3.63) is 84.1 Å². The lowest BCUT2D eigenvalue weighted by atomic mass is 9.83. The van der Waals surface area contributed by atoms with Crippen molar-refractivity contribution < 1.29 is 22.5 Å². The van der Waals surface area contributed by atoms with Crippen molar-refractivity contribution >= 4 is 34.5 Å². The van der Waals surface area contributed by atoms with E-state index in [0.29, 0.717) is 57.4 Å². The summed E-state index contributed by atoms with van der Waals surface area (Å²) in [6.45, 7) is 0.689. The second-order valence-corrected chi connectivity index (χ2v) is 14.7. The van der Waals surface area contributed by atoms with Gasteiger partial charge in [-0.05, 0) is 106 Å². The largest absolute Gasteiger partial charge is 0.573 e. The van der Waals surface area contributed by atoms with Crippen LogP contribution in [0.15, 0.2) is 79.1 Å². The van der Waals surface area contributed by atoms with Crippen molar-refractivity contribution in [2.45, 2.75) is 63.8 Å². The number of anilines is 2. The molecule has 0 unspecified atom stereocenters. The highest BCUT2D eigenvalue weighted by Crippen LogP contribution is 2.34. The summed E-state index contributed by atoms with van der Waals surface area (Å²) in [7, 11) is 0. The first-order valence-corrected chi connectivity index (χ1v) is 18.8. The number of rotatable bonds is 9. The van der Waals surface area contributed by atoms with E-state index < -0.39 is 12.1 Å². The molecule has 0 amide bonds. The van der Waals surface area contributed by atoms with Crippen LogP contribution in [0, 0.1) is 40.4 Å². The molecule has 0 radical (unpaired) electrons. The number of fused-ring (bicyclic) bond motifs is 2. The highest BCUT2D eigenvalue weighted by molar-refractivity contribution is 6.30. The molecule has 6 aromatic rings. The Morgan fingerprint density at radius 1 is 0.818 bits per heavy atom. The molecule has 8 rings (SSSR count). The number of imidazole rings is 2. The number of nitrogens with one attached hydrogen (secondary N) is 2. The molecule has 15 heteroatoms. The van der Waals surface area contributed by atoms with Gasteiger partial charge in [0.25, 0.3) is 0 Å². The van der Waals surface area contributed by atoms with Gasteiger partial charge in [-0.25, -0.2) is 9.50 Å². The first-order valence-electron chi connectivity index (χ1n) is 18.4. The highest BCUT2D eigenvalue weighted by atomic mass is 35.5. The molecular weight excluding hydrogens is 729 g/mol. The number of nitrogens with zero attached hydrogens (tertiary/aromatic N) is 8. The predicted octanol–water partition coefficient (Wildman–Crippen LogP) is 8.78. The van der Waals surface area contributed by atoms with Gasteiger partial charge in [0, 0.05) is 46.6 Å². The van der Waals surface area contributed by atoms with Crippen molar-refractivity contribution in [3.8, 4) is 46.1 Å². The lowest BCUT2D eigenvalue weighted by Crippen LogP contribution is -2.31. The third-order valence-corrected chi connectivity index (χ3v) is 10.9. The number of hydrogen-bond donors (Lipinski definition) is 2. The zero-order valence-corrected chi connectivity index (χ0v) is 30.4. The first kappa shape index (κ1) is 36.1. The zero-order chi connectivity index (χ0) is 38.1. The Hall–Kier alpha value is -5.86. The third kappa shape index (κ3) is 7.87. The Kier molecular flexibility index (Phi) is 9.93. The van der Waals surface area contributed by atoms with Crippen molar-refractivity contribution in [2.24, 2.45) is 17.8 Å². The standard InChI is InChI=1S/C40H37ClF3N10O/c41-30-3-1-2-28(18-30)34-24-52(39-17-15-36(50-54(34)39)47-22-27-6-4-25(20-45)5-7-27)32-13-10-29(19-35(32)55-40(42,43)44)33-23-48-38-16-14-37(51-53(33)38)49-31-11-8-26(21-46)9-12-31/h1-3,10,13-19,23-27,31H,4-9,11-12,22H2,(H,47,50)(H,49,51)/q+1. The average molecular weight is 766 g/mol. The van der Waals surface area contributed by atoms with Gasteiger partial charge in [0.15, 0.2) is 22.9 Å². The zero-order valence-electron chi connectivity index (χ0n) is 29.7. The number of benzene rings is 2. The van der Waals surface area contributed by atoms with Crippen LogP contribution in [0.25, 0.3) is 39.5 Å². The van der Waals surface area contributed by atoms with E-state index in [2.05, 4.69) is 27.8 Å². The summed E-state index contributed by atoms with van der Waals surface area (Å²) < 4.78 is 51.9. The molecule has 0 bridgehead atoms. The molecule has 0 aliphatic heterocycles. The van der Waals surface area contributed by atoms with Crippen LogP contribution in [0.2, 0.25) is 5.02 Å². The van der Waals surface area contributed by atoms with Gasteiger partial charge in [0.2, 0.25) is 5.69 Å². The SMILES string of the molecule is N#CC1CCC(CNc2ccc3n(n2)c(-c2cccc(Cl)c2)c[n+]3-c2ccc(-c3cnc4ccc(NC5CCC(C#N)CC5)nn34)cc2OC(F)(F)F)CC1. The topological polar surface area (TPSA) is 132 Å². The van der Waals surface area contributed by atoms with E-state index in [1.807, 2.05) is 12.1 Å². The van der Waals surface area contributed by atoms with Gasteiger partial charge < -0.3 is 15.4 Å². The van der Waals surface area contributed by atoms with E-state index in [1.54, 1.807) is 74.5 Å². The Labute approximate surface area is 319 Å². The second kappa shape index (κ2) is 15.1. The lowest BCUT2D eigenvalue weighted by molar-refractivity contribution is -0.567. The van der Waals surface area contributed by atoms with Gasteiger partial charge in [-0.1, -0.05) is 33.3 Å². The summed E-state index contributed by atoms with van der Waals surface area (Å²) in [6, 6.07) is 24.0. The molecule has 0 atom stereocenters. The van der Waals surface area contributed by atoms with Crippen molar-refractivity contribution in [3.63, 3.8) is 0 Å². The summed E-state index contributed by atoms with van der Waals surface area (Å²) in [5.41, 5.74) is 3.38. The minimum absolute atomic E-state index is 0.0684. The molecule has 11 nitrogen and oxygen atoms in total. The summed E-state index contributed by atoms with van der Waals surface area (Å²) in [6.07, 6.45) is 5.30. The minimum atomic E-state index is -4.99. The molecule has 0 spiro atoms. The van der Waals surface area contributed by atoms with E-state index >= 15 is 0 Å². The molecule has 2 aliphatic rings. The van der Waals surface area contributed by atoms with Gasteiger partial charge >= 0.3 is 12.0 Å². The molecule has 2 N–H and O–H groups in total. The van der Waals surface area contributed by atoms with E-state index in [0.717, 1.165) is 56.9 Å². The van der Waals surface area contributed by atoms with Gasteiger partial charge in [-0.15, -0.1) is 18.3 Å². The Balaban J connectivity index is 1.15. The average Bonchev–Trinajstić information content (AvgIpc) is 3.78. The summed E-state index contributed by atoms with van der Waals surface area (Å²) in [5, 5.41) is 35.5. The van der Waals surface area contributed by atoms with Crippen molar-refractivity contribution in [1.82, 2.24) is 24.2 Å². The number of halogens is 4. The van der Waals surface area contributed by atoms with Gasteiger partial charge in [0.1, 0.15) is 12.0 Å². The van der Waals surface area contributed by atoms with Crippen LogP contribution in [-0.2, 0) is 0 Å². The number of aromatic nitrogens is 6. The van der Waals surface area contributed by atoms with Crippen molar-refractivity contribution in [2.75, 3.05) is 17.2 Å². The maximum Gasteiger partial charge on any atom is 0.573 e. The second-order valence-electron chi connectivity index (χ2n) is 14.3. The Morgan fingerprint density at radius 2 is 1.53 bits per heavy atom. The number of nitriles is 2. The maximum absolute atomic E-state index is 14.1. The number of hydrogen-bond acceptors (Lipinski definition) is 8. The highest BCUT2D eigenvalue weighted by Gasteiger charge is 2.35. The fourth-order valence-corrected chi connectivity index (χ4v) is 7.89. The van der Waals surface area contributed by atoms with Crippen LogP contribution in [-0.4, -0.2) is 43.2 Å². The monoisotopic (exact) mass is 765 g/mol. The van der Waals surface area contributed by atoms with Crippen LogP contribution in [0.1, 0.15) is 51.4 Å². The first-order chi connectivity index (χ1) is 26.6. The summed E-state index contributed by atoms with van der Waals surface area (Å²) in [4.78, 5) is 4.46. The molecule has 2 saturated carbocycles. The van der Waals surface area contributed by atoms with Gasteiger partial charge in [0.05, 0.1) is 24.0 Å². The van der Waals surface area contributed by atoms with Crippen molar-refractivity contribution in [1.29, 1.82) is 10.5 Å². The van der Waals surface area contributed by atoms with E-state index in [1.165, 1.54) is 6.07 Å². The quantitative estimate of drug-likeness (QED) is 0.140. The van der Waals surface area contributed by atoms with Gasteiger partial charge in [-0.3, -0.25) is 0 Å². The molecule has 55 heavy (non-hydrogen) atoms. The number of alkyl halides is 3. The molecule has 4 heterocycles. The van der Waals surface area contributed by atoms with Crippen LogP contribution < -0.4 is 19.9 Å². The van der Waals surface area contributed by atoms with E-state index in [4.69, 9.17) is 26.5 Å². The molecule has 280 valence electrons. The minimum Gasteiger partial charge on any atom is -0.401 e. The fraction of sp³-hybridized carbons (Fsp3) is 0.350. The number of ether oxygens (including phenoxy) is 1. The van der Waals surface area contributed by atoms with E-state index in [-0.39, 0.29) is 23.6 Å². The third-order valence-electron chi connectivity index (χ3n) is 10.6. The van der Waals surface area contributed by atoms with Gasteiger partial charge in [-0.2, -0.15) is 15.1 Å². The normalized spacial score (nSPS) is 20.2. The molecule has 0 saturated heterocycles. The van der Waals surface area contributed by atoms with Crippen LogP contribution in [0.4, 0.5) is 24.8 Å². The molecule has 2 aromatic carbocycles. The van der Waals surface area contributed by atoms with Crippen LogP contribution in [0.3, 0.4) is 0 Å². The van der Waals surface area contributed by atoms with Crippen LogP contribution in [0.5, 0.6) is 5.75 Å². The molecule has 2 fully saturated rings. The predicted molar refractivity (Wildman–Crippen MR) is 200 cm³/mol. The fourth-order valence-electron chi connectivity index (χ4n) is 7.70.